The van der Waals surface area contributed by atoms with Crippen LogP contribution in [0.15, 0.2) is 72.8 Å². The number of fused-ring (bicyclic) bond motifs is 4. The number of unbranched alkanes of at least 4 members (excludes halogenated alkanes) is 2. The molecule has 0 saturated heterocycles. The van der Waals surface area contributed by atoms with Crippen LogP contribution in [0.25, 0.3) is 21.9 Å². The Labute approximate surface area is 207 Å². The minimum Gasteiger partial charge on any atom is -0.482 e. The first kappa shape index (κ1) is 23.2. The van der Waals surface area contributed by atoms with Gasteiger partial charge in [0.05, 0.1) is 11.1 Å². The van der Waals surface area contributed by atoms with E-state index >= 15 is 0 Å². The number of ether oxygens (including phenoxy) is 2. The number of hydrogen-bond donors (Lipinski definition) is 0. The van der Waals surface area contributed by atoms with Crippen molar-refractivity contribution in [3.8, 4) is 22.6 Å². The van der Waals surface area contributed by atoms with Crippen LogP contribution in [0.5, 0.6) is 11.5 Å². The average molecular weight is 465 g/mol. The smallest absolute Gasteiger partial charge is 0.343 e. The summed E-state index contributed by atoms with van der Waals surface area (Å²) in [5, 5.41) is 2.11. The molecule has 0 unspecified atom stereocenters. The van der Waals surface area contributed by atoms with Gasteiger partial charge in [0.1, 0.15) is 17.1 Å². The fraction of sp³-hybridized carbons (Fsp3) is 0.281. The first-order chi connectivity index (χ1) is 16.9. The normalized spacial score (nSPS) is 13.6. The van der Waals surface area contributed by atoms with Gasteiger partial charge in [-0.15, -0.1) is 0 Å². The van der Waals surface area contributed by atoms with E-state index in [-0.39, 0.29) is 5.97 Å². The van der Waals surface area contributed by atoms with E-state index in [0.29, 0.717) is 11.3 Å². The molecule has 0 radical (unpaired) electrons. The van der Waals surface area contributed by atoms with Crippen molar-refractivity contribution in [3.63, 3.8) is 0 Å². The van der Waals surface area contributed by atoms with E-state index in [4.69, 9.17) is 9.47 Å². The summed E-state index contributed by atoms with van der Waals surface area (Å²) in [6.07, 6.45) is 4.33. The van der Waals surface area contributed by atoms with Gasteiger partial charge in [0.15, 0.2) is 0 Å². The van der Waals surface area contributed by atoms with Crippen molar-refractivity contribution in [2.75, 3.05) is 0 Å². The molecule has 0 aromatic heterocycles. The fourth-order valence-corrected chi connectivity index (χ4v) is 4.99. The topological polar surface area (TPSA) is 35.5 Å². The Morgan fingerprint density at radius 1 is 0.914 bits per heavy atom. The monoisotopic (exact) mass is 464 g/mol. The average Bonchev–Trinajstić information content (AvgIpc) is 2.83. The van der Waals surface area contributed by atoms with Gasteiger partial charge >= 0.3 is 5.97 Å². The van der Waals surface area contributed by atoms with Crippen LogP contribution in [0.3, 0.4) is 0 Å². The lowest BCUT2D eigenvalue weighted by molar-refractivity contribution is 0.0732. The zero-order chi connectivity index (χ0) is 24.6. The van der Waals surface area contributed by atoms with Gasteiger partial charge in [0.25, 0.3) is 0 Å². The van der Waals surface area contributed by atoms with E-state index in [1.807, 2.05) is 48.5 Å². The molecule has 0 fully saturated rings. The summed E-state index contributed by atoms with van der Waals surface area (Å²) in [4.78, 5) is 13.4. The molecule has 0 aliphatic carbocycles. The number of carbonyl (C=O) groups is 1. The predicted molar refractivity (Wildman–Crippen MR) is 142 cm³/mol. The second-order valence-corrected chi connectivity index (χ2v) is 10.0. The number of benzene rings is 4. The standard InChI is InChI=1S/C32H32O3/c1-5-6-7-10-22-18-28(34-31(33)25-15-14-23-11-8-9-12-24(23)20-25)30-26-17-21(2)13-16-27(26)32(3,4)35-29(30)19-22/h8-9,11-20H,5-7,10H2,1-4H3. The number of esters is 1. The number of aryl methyl sites for hydroxylation is 2. The minimum atomic E-state index is -0.475. The Bertz CT molecular complexity index is 1410. The Morgan fingerprint density at radius 2 is 1.71 bits per heavy atom. The summed E-state index contributed by atoms with van der Waals surface area (Å²) in [5.41, 5.74) is 5.37. The molecule has 1 aliphatic rings. The molecule has 3 nitrogen and oxygen atoms in total. The van der Waals surface area contributed by atoms with Crippen LogP contribution in [0.4, 0.5) is 0 Å². The molecule has 1 heterocycles. The third-order valence-electron chi connectivity index (χ3n) is 6.84. The van der Waals surface area contributed by atoms with Crippen LogP contribution in [0.2, 0.25) is 0 Å². The van der Waals surface area contributed by atoms with Crippen molar-refractivity contribution < 1.29 is 14.3 Å². The van der Waals surface area contributed by atoms with E-state index < -0.39 is 5.60 Å². The zero-order valence-electron chi connectivity index (χ0n) is 21.0. The van der Waals surface area contributed by atoms with Crippen LogP contribution >= 0.6 is 0 Å². The Morgan fingerprint density at radius 3 is 2.51 bits per heavy atom. The molecule has 0 atom stereocenters. The van der Waals surface area contributed by atoms with Crippen LogP contribution in [-0.2, 0) is 12.0 Å². The van der Waals surface area contributed by atoms with Gasteiger partial charge in [-0.05, 0) is 79.8 Å². The highest BCUT2D eigenvalue weighted by Crippen LogP contribution is 2.50. The summed E-state index contributed by atoms with van der Waals surface area (Å²) in [6.45, 7) is 8.47. The minimum absolute atomic E-state index is 0.359. The number of carbonyl (C=O) groups excluding carboxylic acids is 1. The van der Waals surface area contributed by atoms with Crippen molar-refractivity contribution in [3.05, 3.63) is 95.1 Å². The molecule has 0 amide bonds. The molecule has 3 heteroatoms. The summed E-state index contributed by atoms with van der Waals surface area (Å²) in [7, 11) is 0. The van der Waals surface area contributed by atoms with Crippen molar-refractivity contribution in [2.45, 2.75) is 59.0 Å². The third kappa shape index (κ3) is 4.55. The molecule has 0 saturated carbocycles. The van der Waals surface area contributed by atoms with Gasteiger partial charge in [-0.3, -0.25) is 0 Å². The Hall–Kier alpha value is -3.59. The predicted octanol–water partition coefficient (Wildman–Crippen LogP) is 8.39. The van der Waals surface area contributed by atoms with E-state index in [2.05, 4.69) is 52.0 Å². The maximum absolute atomic E-state index is 13.4. The molecule has 0 bridgehead atoms. The van der Waals surface area contributed by atoms with Gasteiger partial charge in [0.2, 0.25) is 0 Å². The highest BCUT2D eigenvalue weighted by molar-refractivity contribution is 5.97. The second kappa shape index (κ2) is 9.22. The second-order valence-electron chi connectivity index (χ2n) is 10.0. The van der Waals surface area contributed by atoms with Crippen molar-refractivity contribution in [2.24, 2.45) is 0 Å². The maximum atomic E-state index is 13.4. The summed E-state index contributed by atoms with van der Waals surface area (Å²) < 4.78 is 12.7. The van der Waals surface area contributed by atoms with Crippen LogP contribution < -0.4 is 9.47 Å². The van der Waals surface area contributed by atoms with Crippen LogP contribution in [-0.4, -0.2) is 5.97 Å². The number of rotatable bonds is 6. The molecule has 35 heavy (non-hydrogen) atoms. The first-order valence-electron chi connectivity index (χ1n) is 12.5. The molecule has 1 aliphatic heterocycles. The Balaban J connectivity index is 1.60. The lowest BCUT2D eigenvalue weighted by Crippen LogP contribution is -2.29. The number of hydrogen-bond acceptors (Lipinski definition) is 3. The molecular weight excluding hydrogens is 432 g/mol. The molecule has 4 aromatic rings. The summed E-state index contributed by atoms with van der Waals surface area (Å²) in [6, 6.07) is 24.3. The largest absolute Gasteiger partial charge is 0.482 e. The Kier molecular flexibility index (Phi) is 6.10. The molecule has 5 rings (SSSR count). The molecule has 0 spiro atoms. The lowest BCUT2D eigenvalue weighted by atomic mass is 9.84. The lowest BCUT2D eigenvalue weighted by Gasteiger charge is -2.36. The molecule has 178 valence electrons. The van der Waals surface area contributed by atoms with Gasteiger partial charge in [0, 0.05) is 5.56 Å². The van der Waals surface area contributed by atoms with E-state index in [0.717, 1.165) is 70.0 Å². The van der Waals surface area contributed by atoms with Gasteiger partial charge in [-0.2, -0.15) is 0 Å². The van der Waals surface area contributed by atoms with E-state index in [1.165, 1.54) is 0 Å². The SMILES string of the molecule is CCCCCc1cc(OC(=O)c2ccc3ccccc3c2)c2c(c1)OC(C)(C)c1ccc(C)cc1-2. The molecule has 4 aromatic carbocycles. The zero-order valence-corrected chi connectivity index (χ0v) is 21.0. The first-order valence-corrected chi connectivity index (χ1v) is 12.5. The maximum Gasteiger partial charge on any atom is 0.343 e. The fourth-order valence-electron chi connectivity index (χ4n) is 4.99. The van der Waals surface area contributed by atoms with Crippen molar-refractivity contribution >= 4 is 16.7 Å². The quantitative estimate of drug-likeness (QED) is 0.163. The highest BCUT2D eigenvalue weighted by atomic mass is 16.5. The van der Waals surface area contributed by atoms with Gasteiger partial charge in [-0.1, -0.05) is 73.9 Å². The van der Waals surface area contributed by atoms with E-state index in [9.17, 15) is 4.79 Å². The van der Waals surface area contributed by atoms with Crippen LogP contribution in [0.1, 0.15) is 67.1 Å². The van der Waals surface area contributed by atoms with E-state index in [1.54, 1.807) is 0 Å². The molecule has 0 N–H and O–H groups in total. The van der Waals surface area contributed by atoms with Gasteiger partial charge in [-0.25, -0.2) is 4.79 Å². The summed E-state index contributed by atoms with van der Waals surface area (Å²) in [5.74, 6) is 0.987. The van der Waals surface area contributed by atoms with Crippen LogP contribution in [0, 0.1) is 6.92 Å². The molecular formula is C32H32O3. The van der Waals surface area contributed by atoms with Crippen molar-refractivity contribution in [1.29, 1.82) is 0 Å². The van der Waals surface area contributed by atoms with Crippen molar-refractivity contribution in [1.82, 2.24) is 0 Å². The summed E-state index contributed by atoms with van der Waals surface area (Å²) >= 11 is 0. The highest BCUT2D eigenvalue weighted by Gasteiger charge is 2.35. The van der Waals surface area contributed by atoms with Gasteiger partial charge < -0.3 is 9.47 Å². The third-order valence-corrected chi connectivity index (χ3v) is 6.84.